The Morgan fingerprint density at radius 2 is 2.33 bits per heavy atom. The van der Waals surface area contributed by atoms with Gasteiger partial charge in [-0.05, 0) is 33.6 Å². The highest BCUT2D eigenvalue weighted by atomic mass is 79.9. The van der Waals surface area contributed by atoms with Gasteiger partial charge in [-0.15, -0.1) is 0 Å². The number of aliphatic hydroxyl groups excluding tert-OH is 1. The zero-order valence-corrected chi connectivity index (χ0v) is 7.64. The first-order valence-electron chi connectivity index (χ1n) is 3.46. The highest BCUT2D eigenvalue weighted by Gasteiger charge is 2.22. The molecular weight excluding hydrogens is 227 g/mol. The van der Waals surface area contributed by atoms with Crippen LogP contribution in [0.2, 0.25) is 0 Å². The van der Waals surface area contributed by atoms with Gasteiger partial charge in [0.25, 0.3) is 0 Å². The van der Waals surface area contributed by atoms with Crippen LogP contribution >= 0.6 is 15.9 Å². The van der Waals surface area contributed by atoms with Crippen LogP contribution in [0.3, 0.4) is 0 Å². The highest BCUT2D eigenvalue weighted by Crippen LogP contribution is 2.32. The van der Waals surface area contributed by atoms with E-state index in [1.54, 1.807) is 6.07 Å². The van der Waals surface area contributed by atoms with Crippen molar-refractivity contribution < 1.29 is 14.2 Å². The molecule has 1 N–H and O–H groups in total. The van der Waals surface area contributed by atoms with Gasteiger partial charge in [-0.1, -0.05) is 0 Å². The van der Waals surface area contributed by atoms with Gasteiger partial charge in [0.2, 0.25) is 0 Å². The topological polar surface area (TPSA) is 29.5 Å². The van der Waals surface area contributed by atoms with E-state index in [0.29, 0.717) is 15.6 Å². The predicted octanol–water partition coefficient (Wildman–Crippen LogP) is 2.11. The summed E-state index contributed by atoms with van der Waals surface area (Å²) in [7, 11) is 0. The number of fused-ring (bicyclic) bond motifs is 1. The van der Waals surface area contributed by atoms with Crippen molar-refractivity contribution in [2.24, 2.45) is 0 Å². The van der Waals surface area contributed by atoms with Crippen LogP contribution in [0.25, 0.3) is 0 Å². The van der Waals surface area contributed by atoms with Gasteiger partial charge in [0.15, 0.2) is 6.29 Å². The Bertz CT molecular complexity index is 327. The van der Waals surface area contributed by atoms with Crippen LogP contribution in [0.4, 0.5) is 4.39 Å². The van der Waals surface area contributed by atoms with E-state index < -0.39 is 6.29 Å². The maximum atomic E-state index is 12.9. The fourth-order valence-corrected chi connectivity index (χ4v) is 1.58. The summed E-state index contributed by atoms with van der Waals surface area (Å²) in [6.07, 6.45) is -0.906. The molecule has 0 bridgehead atoms. The fraction of sp³-hybridized carbons (Fsp3) is 0.250. The summed E-state index contributed by atoms with van der Waals surface area (Å²) in [4.78, 5) is 0. The summed E-state index contributed by atoms with van der Waals surface area (Å²) in [5.41, 5.74) is 1.35. The minimum Gasteiger partial charge on any atom is -0.364 e. The SMILES string of the molecule is OC1OCc2cc(F)c(Br)cc21. The molecule has 64 valence electrons. The Balaban J connectivity index is 2.56. The van der Waals surface area contributed by atoms with Crippen LogP contribution in [0.1, 0.15) is 17.4 Å². The smallest absolute Gasteiger partial charge is 0.181 e. The monoisotopic (exact) mass is 232 g/mol. The van der Waals surface area contributed by atoms with Gasteiger partial charge in [-0.3, -0.25) is 0 Å². The van der Waals surface area contributed by atoms with E-state index in [9.17, 15) is 9.50 Å². The minimum absolute atomic E-state index is 0.278. The van der Waals surface area contributed by atoms with Crippen molar-refractivity contribution in [2.45, 2.75) is 12.9 Å². The third kappa shape index (κ3) is 1.16. The van der Waals surface area contributed by atoms with Crippen LogP contribution in [0, 0.1) is 5.82 Å². The van der Waals surface area contributed by atoms with Crippen molar-refractivity contribution in [3.63, 3.8) is 0 Å². The van der Waals surface area contributed by atoms with Crippen molar-refractivity contribution in [1.29, 1.82) is 0 Å². The number of benzene rings is 1. The Labute approximate surface area is 77.1 Å². The summed E-state index contributed by atoms with van der Waals surface area (Å²) >= 11 is 3.03. The van der Waals surface area contributed by atoms with Gasteiger partial charge in [-0.25, -0.2) is 4.39 Å². The molecule has 0 saturated heterocycles. The zero-order chi connectivity index (χ0) is 8.72. The number of ether oxygens (including phenoxy) is 1. The number of rotatable bonds is 0. The van der Waals surface area contributed by atoms with Crippen LogP contribution in [0.5, 0.6) is 0 Å². The quantitative estimate of drug-likeness (QED) is 0.743. The molecule has 0 saturated carbocycles. The molecule has 1 heterocycles. The number of hydrogen-bond acceptors (Lipinski definition) is 2. The zero-order valence-electron chi connectivity index (χ0n) is 6.05. The van der Waals surface area contributed by atoms with Gasteiger partial charge in [-0.2, -0.15) is 0 Å². The van der Waals surface area contributed by atoms with E-state index in [2.05, 4.69) is 15.9 Å². The molecule has 0 aromatic heterocycles. The molecule has 1 atom stereocenters. The van der Waals surface area contributed by atoms with E-state index in [1.165, 1.54) is 6.07 Å². The molecular formula is C8H6BrFO2. The molecule has 0 aliphatic carbocycles. The highest BCUT2D eigenvalue weighted by molar-refractivity contribution is 9.10. The number of aliphatic hydroxyl groups is 1. The Morgan fingerprint density at radius 3 is 3.08 bits per heavy atom. The molecule has 0 fully saturated rings. The van der Waals surface area contributed by atoms with Crippen molar-refractivity contribution >= 4 is 15.9 Å². The van der Waals surface area contributed by atoms with Crippen LogP contribution in [0.15, 0.2) is 16.6 Å². The van der Waals surface area contributed by atoms with E-state index in [1.807, 2.05) is 0 Å². The first kappa shape index (κ1) is 8.16. The summed E-state index contributed by atoms with van der Waals surface area (Å²) < 4.78 is 18.2. The molecule has 2 rings (SSSR count). The first-order chi connectivity index (χ1) is 5.68. The van der Waals surface area contributed by atoms with Crippen molar-refractivity contribution in [1.82, 2.24) is 0 Å². The normalized spacial score (nSPS) is 21.1. The molecule has 1 aromatic carbocycles. The van der Waals surface area contributed by atoms with Gasteiger partial charge in [0.05, 0.1) is 11.1 Å². The lowest BCUT2D eigenvalue weighted by atomic mass is 10.1. The maximum absolute atomic E-state index is 12.9. The summed E-state index contributed by atoms with van der Waals surface area (Å²) in [6.45, 7) is 0.278. The van der Waals surface area contributed by atoms with Crippen LogP contribution in [-0.2, 0) is 11.3 Å². The van der Waals surface area contributed by atoms with Gasteiger partial charge >= 0.3 is 0 Å². The molecule has 2 nitrogen and oxygen atoms in total. The molecule has 1 unspecified atom stereocenters. The molecule has 4 heteroatoms. The van der Waals surface area contributed by atoms with E-state index in [0.717, 1.165) is 0 Å². The van der Waals surface area contributed by atoms with Crippen molar-refractivity contribution in [3.05, 3.63) is 33.5 Å². The van der Waals surface area contributed by atoms with Gasteiger partial charge in [0, 0.05) is 5.56 Å². The van der Waals surface area contributed by atoms with E-state index >= 15 is 0 Å². The number of halogens is 2. The number of hydrogen-bond donors (Lipinski definition) is 1. The Hall–Kier alpha value is -0.450. The molecule has 1 aromatic rings. The lowest BCUT2D eigenvalue weighted by molar-refractivity contribution is -0.0918. The van der Waals surface area contributed by atoms with Crippen LogP contribution in [-0.4, -0.2) is 5.11 Å². The predicted molar refractivity (Wildman–Crippen MR) is 43.8 cm³/mol. The second-order valence-corrected chi connectivity index (χ2v) is 3.48. The van der Waals surface area contributed by atoms with Gasteiger partial charge in [0.1, 0.15) is 5.82 Å². The third-order valence-electron chi connectivity index (χ3n) is 1.84. The first-order valence-corrected chi connectivity index (χ1v) is 4.25. The lowest BCUT2D eigenvalue weighted by Gasteiger charge is -2.02. The molecule has 0 spiro atoms. The van der Waals surface area contributed by atoms with Crippen molar-refractivity contribution in [3.8, 4) is 0 Å². The molecule has 12 heavy (non-hydrogen) atoms. The average Bonchev–Trinajstić information content (AvgIpc) is 2.35. The summed E-state index contributed by atoms with van der Waals surface area (Å²) in [5, 5.41) is 9.23. The van der Waals surface area contributed by atoms with E-state index in [-0.39, 0.29) is 12.4 Å². The van der Waals surface area contributed by atoms with Crippen LogP contribution < -0.4 is 0 Å². The minimum atomic E-state index is -0.906. The average molecular weight is 233 g/mol. The third-order valence-corrected chi connectivity index (χ3v) is 2.45. The van der Waals surface area contributed by atoms with Crippen molar-refractivity contribution in [2.75, 3.05) is 0 Å². The standard InChI is InChI=1S/C8H6BrFO2/c9-6-2-5-4(1-7(6)10)3-12-8(5)11/h1-2,8,11H,3H2. The Morgan fingerprint density at radius 1 is 1.58 bits per heavy atom. The largest absolute Gasteiger partial charge is 0.364 e. The summed E-state index contributed by atoms with van der Waals surface area (Å²) in [6, 6.07) is 2.91. The second-order valence-electron chi connectivity index (χ2n) is 2.63. The molecule has 0 radical (unpaired) electrons. The fourth-order valence-electron chi connectivity index (χ4n) is 1.22. The lowest BCUT2D eigenvalue weighted by Crippen LogP contribution is -1.92. The molecule has 1 aliphatic heterocycles. The summed E-state index contributed by atoms with van der Waals surface area (Å²) in [5.74, 6) is -0.327. The maximum Gasteiger partial charge on any atom is 0.181 e. The van der Waals surface area contributed by atoms with E-state index in [4.69, 9.17) is 4.74 Å². The molecule has 0 amide bonds. The Kier molecular flexibility index (Phi) is 1.90. The second kappa shape index (κ2) is 2.80. The molecule has 1 aliphatic rings. The van der Waals surface area contributed by atoms with Gasteiger partial charge < -0.3 is 9.84 Å².